The molecule has 0 spiro atoms. The normalized spacial score (nSPS) is 12.9. The van der Waals surface area contributed by atoms with Crippen molar-refractivity contribution < 1.29 is 23.2 Å². The summed E-state index contributed by atoms with van der Waals surface area (Å²) in [5.74, 6) is -1.07. The van der Waals surface area contributed by atoms with Gasteiger partial charge >= 0.3 is 5.97 Å². The molecule has 0 aliphatic heterocycles. The van der Waals surface area contributed by atoms with E-state index in [0.717, 1.165) is 24.1 Å². The zero-order valence-corrected chi connectivity index (χ0v) is 12.4. The van der Waals surface area contributed by atoms with Gasteiger partial charge in [0.1, 0.15) is 5.25 Å². The monoisotopic (exact) mass is 319 g/mol. The third kappa shape index (κ3) is 3.94. The molecule has 1 atom stereocenters. The van der Waals surface area contributed by atoms with E-state index in [4.69, 9.17) is 5.11 Å². The fraction of sp³-hybridized carbons (Fsp3) is 0.364. The van der Waals surface area contributed by atoms with Crippen LogP contribution in [0.4, 0.5) is 5.69 Å². The predicted molar refractivity (Wildman–Crippen MR) is 73.8 cm³/mol. The van der Waals surface area contributed by atoms with Crippen LogP contribution in [0.5, 0.6) is 0 Å². The maximum atomic E-state index is 11.4. The van der Waals surface area contributed by atoms with Crippen LogP contribution in [-0.2, 0) is 14.6 Å². The van der Waals surface area contributed by atoms with E-state index >= 15 is 0 Å². The van der Waals surface area contributed by atoms with Crippen molar-refractivity contribution in [3.8, 4) is 0 Å². The van der Waals surface area contributed by atoms with E-state index < -0.39 is 31.7 Å². The van der Waals surface area contributed by atoms with E-state index in [1.54, 1.807) is 6.92 Å². The molecule has 1 unspecified atom stereocenters. The van der Waals surface area contributed by atoms with Crippen molar-refractivity contribution in [2.75, 3.05) is 6.26 Å². The Kier molecular flexibility index (Phi) is 5.12. The molecule has 1 aromatic rings. The molecule has 0 radical (unpaired) electrons. The highest BCUT2D eigenvalue weighted by molar-refractivity contribution is 8.00. The van der Waals surface area contributed by atoms with E-state index in [1.165, 1.54) is 12.1 Å². The van der Waals surface area contributed by atoms with Gasteiger partial charge in [0, 0.05) is 12.3 Å². The quantitative estimate of drug-likeness (QED) is 0.484. The van der Waals surface area contributed by atoms with Crippen molar-refractivity contribution in [3.63, 3.8) is 0 Å². The maximum Gasteiger partial charge on any atom is 0.316 e. The van der Waals surface area contributed by atoms with Gasteiger partial charge in [-0.3, -0.25) is 14.9 Å². The van der Waals surface area contributed by atoms with Crippen LogP contribution in [0.25, 0.3) is 0 Å². The number of nitro groups is 1. The van der Waals surface area contributed by atoms with Gasteiger partial charge in [-0.15, -0.1) is 11.8 Å². The first-order chi connectivity index (χ1) is 9.16. The van der Waals surface area contributed by atoms with Gasteiger partial charge in [-0.05, 0) is 18.6 Å². The van der Waals surface area contributed by atoms with Gasteiger partial charge in [0.15, 0.2) is 9.84 Å². The molecule has 1 N–H and O–H groups in total. The van der Waals surface area contributed by atoms with Crippen LogP contribution >= 0.6 is 11.8 Å². The van der Waals surface area contributed by atoms with Gasteiger partial charge in [-0.25, -0.2) is 8.42 Å². The third-order valence-corrected chi connectivity index (χ3v) is 5.00. The highest BCUT2D eigenvalue weighted by Crippen LogP contribution is 2.35. The van der Waals surface area contributed by atoms with Gasteiger partial charge in [0.25, 0.3) is 5.69 Å². The standard InChI is InChI=1S/C11H13NO6S2/c1-3-9(11(13)14)19-10-5-4-7(20(2,17)18)6-8(10)12(15)16/h4-6,9H,3H2,1-2H3,(H,13,14). The summed E-state index contributed by atoms with van der Waals surface area (Å²) in [6, 6.07) is 3.45. The van der Waals surface area contributed by atoms with Crippen molar-refractivity contribution in [2.24, 2.45) is 0 Å². The first-order valence-electron chi connectivity index (χ1n) is 5.54. The fourth-order valence-electron chi connectivity index (χ4n) is 1.43. The van der Waals surface area contributed by atoms with Gasteiger partial charge in [-0.2, -0.15) is 0 Å². The molecule has 0 aromatic heterocycles. The van der Waals surface area contributed by atoms with Crippen LogP contribution in [0.2, 0.25) is 0 Å². The number of carboxylic acid groups (broad SMARTS) is 1. The Labute approximate surface area is 120 Å². The minimum absolute atomic E-state index is 0.136. The lowest BCUT2D eigenvalue weighted by atomic mass is 10.3. The summed E-state index contributed by atoms with van der Waals surface area (Å²) < 4.78 is 22.8. The van der Waals surface area contributed by atoms with Crippen molar-refractivity contribution in [1.29, 1.82) is 0 Å². The van der Waals surface area contributed by atoms with Crippen LogP contribution in [-0.4, -0.2) is 35.9 Å². The number of thioether (sulfide) groups is 1. The molecule has 0 aliphatic rings. The van der Waals surface area contributed by atoms with E-state index in [-0.39, 0.29) is 9.79 Å². The fourth-order valence-corrected chi connectivity index (χ4v) is 3.05. The SMILES string of the molecule is CCC(Sc1ccc(S(C)(=O)=O)cc1[N+](=O)[O-])C(=O)O. The number of benzene rings is 1. The Balaban J connectivity index is 3.27. The van der Waals surface area contributed by atoms with Crippen molar-refractivity contribution in [3.05, 3.63) is 28.3 Å². The molecule has 1 aromatic carbocycles. The Morgan fingerprint density at radius 2 is 2.10 bits per heavy atom. The second-order valence-corrected chi connectivity index (χ2v) is 7.27. The average Bonchev–Trinajstić information content (AvgIpc) is 2.34. The summed E-state index contributed by atoms with van der Waals surface area (Å²) in [6.07, 6.45) is 1.25. The topological polar surface area (TPSA) is 115 Å². The van der Waals surface area contributed by atoms with E-state index in [9.17, 15) is 23.3 Å². The zero-order chi connectivity index (χ0) is 15.5. The lowest BCUT2D eigenvalue weighted by Gasteiger charge is -2.10. The summed E-state index contributed by atoms with van der Waals surface area (Å²) in [5, 5.41) is 19.1. The van der Waals surface area contributed by atoms with E-state index in [1.807, 2.05) is 0 Å². The third-order valence-electron chi connectivity index (χ3n) is 2.47. The molecule has 0 bridgehead atoms. The van der Waals surface area contributed by atoms with Crippen LogP contribution in [0.15, 0.2) is 28.0 Å². The minimum Gasteiger partial charge on any atom is -0.480 e. The predicted octanol–water partition coefficient (Wildman–Crippen LogP) is 1.95. The van der Waals surface area contributed by atoms with Crippen LogP contribution in [0.3, 0.4) is 0 Å². The number of carboxylic acids is 1. The molecule has 0 heterocycles. The van der Waals surface area contributed by atoms with Crippen LogP contribution in [0.1, 0.15) is 13.3 Å². The molecule has 1 rings (SSSR count). The molecule has 9 heteroatoms. The molecule has 0 saturated carbocycles. The lowest BCUT2D eigenvalue weighted by Crippen LogP contribution is -2.15. The molecule has 110 valence electrons. The number of rotatable bonds is 6. The number of sulfone groups is 1. The molecule has 20 heavy (non-hydrogen) atoms. The van der Waals surface area contributed by atoms with Crippen molar-refractivity contribution in [2.45, 2.75) is 28.4 Å². The minimum atomic E-state index is -3.56. The van der Waals surface area contributed by atoms with Gasteiger partial charge in [-0.1, -0.05) is 6.92 Å². The Morgan fingerprint density at radius 3 is 2.50 bits per heavy atom. The van der Waals surface area contributed by atoms with Crippen LogP contribution < -0.4 is 0 Å². The molecule has 7 nitrogen and oxygen atoms in total. The van der Waals surface area contributed by atoms with Crippen molar-refractivity contribution in [1.82, 2.24) is 0 Å². The summed E-state index contributed by atoms with van der Waals surface area (Å²) in [7, 11) is -3.56. The molecule has 0 aliphatic carbocycles. The summed E-state index contributed by atoms with van der Waals surface area (Å²) in [4.78, 5) is 21.2. The Bertz CT molecular complexity index is 640. The molecule has 0 saturated heterocycles. The van der Waals surface area contributed by atoms with Gasteiger partial charge in [0.05, 0.1) is 14.7 Å². The summed E-state index contributed by atoms with van der Waals surface area (Å²) >= 11 is 0.835. The Morgan fingerprint density at radius 1 is 1.50 bits per heavy atom. The number of nitrogens with zero attached hydrogens (tertiary/aromatic N) is 1. The van der Waals surface area contributed by atoms with Crippen LogP contribution in [0, 0.1) is 10.1 Å². The Hall–Kier alpha value is -1.61. The number of hydrogen-bond acceptors (Lipinski definition) is 6. The smallest absolute Gasteiger partial charge is 0.316 e. The van der Waals surface area contributed by atoms with E-state index in [0.29, 0.717) is 6.42 Å². The molecular formula is C11H13NO6S2. The first kappa shape index (κ1) is 16.4. The average molecular weight is 319 g/mol. The summed E-state index contributed by atoms with van der Waals surface area (Å²) in [5.41, 5.74) is -0.405. The van der Waals surface area contributed by atoms with Gasteiger partial charge < -0.3 is 5.11 Å². The second kappa shape index (κ2) is 6.23. The van der Waals surface area contributed by atoms with Crippen molar-refractivity contribution >= 4 is 33.3 Å². The summed E-state index contributed by atoms with van der Waals surface area (Å²) in [6.45, 7) is 1.66. The highest BCUT2D eigenvalue weighted by Gasteiger charge is 2.24. The molecule has 0 fully saturated rings. The second-order valence-electron chi connectivity index (χ2n) is 4.01. The first-order valence-corrected chi connectivity index (χ1v) is 8.32. The molecular weight excluding hydrogens is 306 g/mol. The largest absolute Gasteiger partial charge is 0.480 e. The number of hydrogen-bond donors (Lipinski definition) is 1. The van der Waals surface area contributed by atoms with Gasteiger partial charge in [0.2, 0.25) is 0 Å². The molecule has 0 amide bonds. The maximum absolute atomic E-state index is 11.4. The number of carbonyl (C=O) groups is 1. The zero-order valence-electron chi connectivity index (χ0n) is 10.8. The highest BCUT2D eigenvalue weighted by atomic mass is 32.2. The number of aliphatic carboxylic acids is 1. The van der Waals surface area contributed by atoms with E-state index in [2.05, 4.69) is 0 Å². The lowest BCUT2D eigenvalue weighted by molar-refractivity contribution is -0.388. The number of nitro benzene ring substituents is 1.